The molecule has 0 atom stereocenters. The summed E-state index contributed by atoms with van der Waals surface area (Å²) in [5, 5.41) is 5.77. The first-order valence-electron chi connectivity index (χ1n) is 14.4. The Morgan fingerprint density at radius 2 is 0.973 bits per heavy atom. The third-order valence-electron chi connectivity index (χ3n) is 7.84. The van der Waals surface area contributed by atoms with Gasteiger partial charge >= 0.3 is 0 Å². The number of unbranched alkanes of at least 4 members (excludes halogenated alkanes) is 11. The summed E-state index contributed by atoms with van der Waals surface area (Å²) in [6, 6.07) is 14.3. The van der Waals surface area contributed by atoms with E-state index in [0.717, 1.165) is 0 Å². The molecule has 0 saturated heterocycles. The molecule has 0 saturated carbocycles. The molecule has 0 N–H and O–H groups in total. The summed E-state index contributed by atoms with van der Waals surface area (Å²) >= 11 is 8.04. The van der Waals surface area contributed by atoms with E-state index in [1.54, 1.807) is 4.88 Å². The number of aryl methyl sites for hydroxylation is 2. The Hall–Kier alpha value is -1.46. The van der Waals surface area contributed by atoms with Gasteiger partial charge in [0.15, 0.2) is 0 Å². The summed E-state index contributed by atoms with van der Waals surface area (Å²) in [7, 11) is 0. The van der Waals surface area contributed by atoms with Crippen molar-refractivity contribution in [3.63, 3.8) is 0 Å². The summed E-state index contributed by atoms with van der Waals surface area (Å²) in [5.74, 6) is 0. The molecule has 2 aromatic carbocycles. The zero-order valence-electron chi connectivity index (χ0n) is 22.3. The molecule has 0 aliphatic rings. The van der Waals surface area contributed by atoms with E-state index in [2.05, 4.69) is 61.6 Å². The molecule has 0 aliphatic carbocycles. The van der Waals surface area contributed by atoms with Gasteiger partial charge in [0.1, 0.15) is 0 Å². The second kappa shape index (κ2) is 11.7. The van der Waals surface area contributed by atoms with E-state index in [0.29, 0.717) is 0 Å². The number of fused-ring (bicyclic) bond motifs is 9. The lowest BCUT2D eigenvalue weighted by atomic mass is 10.0. The lowest BCUT2D eigenvalue weighted by Crippen LogP contribution is -1.84. The molecule has 4 heteroatoms. The fourth-order valence-electron chi connectivity index (χ4n) is 5.81. The maximum Gasteiger partial charge on any atom is 0.0543 e. The molecule has 4 aromatic heterocycles. The number of benzene rings is 2. The zero-order chi connectivity index (χ0) is 25.2. The van der Waals surface area contributed by atoms with Gasteiger partial charge in [0.05, 0.1) is 28.2 Å². The van der Waals surface area contributed by atoms with Gasteiger partial charge in [0.2, 0.25) is 0 Å². The van der Waals surface area contributed by atoms with Gasteiger partial charge < -0.3 is 0 Å². The van der Waals surface area contributed by atoms with Crippen LogP contribution in [0, 0.1) is 6.92 Å². The lowest BCUT2D eigenvalue weighted by molar-refractivity contribution is 0.544. The molecule has 0 spiro atoms. The topological polar surface area (TPSA) is 0 Å². The molecule has 37 heavy (non-hydrogen) atoms. The predicted octanol–water partition coefficient (Wildman–Crippen LogP) is 13.3. The van der Waals surface area contributed by atoms with Crippen LogP contribution < -0.4 is 0 Å². The number of thiophene rings is 4. The monoisotopic (exact) mass is 562 g/mol. The maximum atomic E-state index is 2.47. The van der Waals surface area contributed by atoms with Crippen molar-refractivity contribution < 1.29 is 0 Å². The second-order valence-corrected chi connectivity index (χ2v) is 15.2. The molecule has 0 unspecified atom stereocenters. The smallest absolute Gasteiger partial charge is 0.0543 e. The van der Waals surface area contributed by atoms with Gasteiger partial charge in [-0.05, 0) is 42.7 Å². The fraction of sp³-hybridized carbons (Fsp3) is 0.455. The molecule has 194 valence electrons. The van der Waals surface area contributed by atoms with Crippen molar-refractivity contribution in [2.45, 2.75) is 97.3 Å². The highest BCUT2D eigenvalue weighted by Crippen LogP contribution is 2.50. The van der Waals surface area contributed by atoms with Crippen molar-refractivity contribution in [2.75, 3.05) is 0 Å². The first-order chi connectivity index (χ1) is 18.2. The van der Waals surface area contributed by atoms with E-state index in [1.807, 2.05) is 34.0 Å². The largest absolute Gasteiger partial charge is 0.139 e. The molecule has 0 aliphatic heterocycles. The van der Waals surface area contributed by atoms with Gasteiger partial charge in [-0.1, -0.05) is 102 Å². The molecule has 0 nitrogen and oxygen atoms in total. The molecule has 0 amide bonds. The maximum absolute atomic E-state index is 2.47. The van der Waals surface area contributed by atoms with Crippen molar-refractivity contribution in [2.24, 2.45) is 0 Å². The van der Waals surface area contributed by atoms with Crippen molar-refractivity contribution >= 4 is 95.1 Å². The van der Waals surface area contributed by atoms with Crippen LogP contribution in [0.5, 0.6) is 0 Å². The highest BCUT2D eigenvalue weighted by atomic mass is 32.1. The standard InChI is InChI=1S/C33H38S4/c1-3-4-5-6-7-8-9-10-11-12-13-14-15-25-21-24-17-19-27-31(29(24)35-25)37-32-26-18-16-23-20-22(2)34-28(23)30(26)36-33(27)32/h16-21H,3-15H2,1-2H3. The second-order valence-electron chi connectivity index (χ2n) is 10.8. The van der Waals surface area contributed by atoms with Crippen molar-refractivity contribution in [3.05, 3.63) is 46.2 Å². The van der Waals surface area contributed by atoms with Crippen LogP contribution in [0.25, 0.3) is 49.7 Å². The fourth-order valence-corrected chi connectivity index (χ4v) is 11.1. The first-order valence-corrected chi connectivity index (χ1v) is 17.7. The van der Waals surface area contributed by atoms with E-state index < -0.39 is 0 Å². The lowest BCUT2D eigenvalue weighted by Gasteiger charge is -2.02. The van der Waals surface area contributed by atoms with Crippen LogP contribution in [0.4, 0.5) is 0 Å². The van der Waals surface area contributed by atoms with Gasteiger partial charge in [0.25, 0.3) is 0 Å². The van der Waals surface area contributed by atoms with E-state index in [9.17, 15) is 0 Å². The first kappa shape index (κ1) is 25.8. The van der Waals surface area contributed by atoms with E-state index in [4.69, 9.17) is 0 Å². The van der Waals surface area contributed by atoms with Gasteiger partial charge in [-0.3, -0.25) is 0 Å². The molecule has 6 rings (SSSR count). The van der Waals surface area contributed by atoms with Crippen molar-refractivity contribution in [1.82, 2.24) is 0 Å². The summed E-state index contributed by atoms with van der Waals surface area (Å²) in [6.45, 7) is 4.53. The Morgan fingerprint density at radius 1 is 0.486 bits per heavy atom. The molecule has 0 radical (unpaired) electrons. The molecule has 6 aromatic rings. The van der Waals surface area contributed by atoms with Gasteiger partial charge in [-0.2, -0.15) is 0 Å². The molecular formula is C33H38S4. The minimum Gasteiger partial charge on any atom is -0.139 e. The third-order valence-corrected chi connectivity index (χ3v) is 13.0. The average Bonchev–Trinajstić information content (AvgIpc) is 3.64. The normalized spacial score (nSPS) is 12.4. The summed E-state index contributed by atoms with van der Waals surface area (Å²) in [5.41, 5.74) is 0. The zero-order valence-corrected chi connectivity index (χ0v) is 25.6. The van der Waals surface area contributed by atoms with Gasteiger partial charge in [-0.25, -0.2) is 0 Å². The summed E-state index contributed by atoms with van der Waals surface area (Å²) in [4.78, 5) is 2.98. The van der Waals surface area contributed by atoms with Crippen LogP contribution in [0.15, 0.2) is 36.4 Å². The van der Waals surface area contributed by atoms with E-state index in [-0.39, 0.29) is 0 Å². The molecule has 0 fully saturated rings. The number of hydrogen-bond acceptors (Lipinski definition) is 4. The van der Waals surface area contributed by atoms with Gasteiger partial charge in [-0.15, -0.1) is 45.3 Å². The predicted molar refractivity (Wildman–Crippen MR) is 175 cm³/mol. The third kappa shape index (κ3) is 5.37. The van der Waals surface area contributed by atoms with Crippen LogP contribution in [0.3, 0.4) is 0 Å². The van der Waals surface area contributed by atoms with E-state index in [1.165, 1.54) is 138 Å². The van der Waals surface area contributed by atoms with Gasteiger partial charge in [0, 0.05) is 20.5 Å². The molecule has 0 bridgehead atoms. The molecular weight excluding hydrogens is 525 g/mol. The van der Waals surface area contributed by atoms with Crippen LogP contribution in [-0.4, -0.2) is 0 Å². The molecule has 4 heterocycles. The van der Waals surface area contributed by atoms with Crippen LogP contribution in [0.1, 0.15) is 93.7 Å². The number of hydrogen-bond donors (Lipinski definition) is 0. The minimum absolute atomic E-state index is 1.25. The Balaban J connectivity index is 1.08. The highest BCUT2D eigenvalue weighted by molar-refractivity contribution is 7.39. The van der Waals surface area contributed by atoms with E-state index >= 15 is 0 Å². The SMILES string of the molecule is CCCCCCCCCCCCCCc1cc2ccc3c(sc4c5ccc6cc(C)sc6c5sc34)c2s1. The van der Waals surface area contributed by atoms with Crippen LogP contribution >= 0.6 is 45.3 Å². The van der Waals surface area contributed by atoms with Crippen molar-refractivity contribution in [1.29, 1.82) is 0 Å². The summed E-state index contributed by atoms with van der Waals surface area (Å²) < 4.78 is 8.96. The van der Waals surface area contributed by atoms with Crippen molar-refractivity contribution in [3.8, 4) is 0 Å². The van der Waals surface area contributed by atoms with Crippen LogP contribution in [-0.2, 0) is 6.42 Å². The summed E-state index contributed by atoms with van der Waals surface area (Å²) in [6.07, 6.45) is 18.3. The quantitative estimate of drug-likeness (QED) is 0.123. The Morgan fingerprint density at radius 3 is 1.57 bits per heavy atom. The van der Waals surface area contributed by atoms with Crippen LogP contribution in [0.2, 0.25) is 0 Å². The Labute approximate surface area is 237 Å². The Kier molecular flexibility index (Phi) is 8.18. The Bertz CT molecular complexity index is 1640. The average molecular weight is 563 g/mol. The highest BCUT2D eigenvalue weighted by Gasteiger charge is 2.17. The minimum atomic E-state index is 1.25. The number of rotatable bonds is 13.